The average Bonchev–Trinajstić information content (AvgIpc) is 2.82. The van der Waals surface area contributed by atoms with Gasteiger partial charge in [0, 0.05) is 25.2 Å². The minimum absolute atomic E-state index is 0.174. The molecular formula is C15H25N3O2S. The summed E-state index contributed by atoms with van der Waals surface area (Å²) >= 11 is 0. The third kappa shape index (κ3) is 3.29. The molecule has 1 aliphatic rings. The van der Waals surface area contributed by atoms with Crippen LogP contribution in [0, 0.1) is 5.92 Å². The molecule has 21 heavy (non-hydrogen) atoms. The minimum Gasteiger partial charge on any atom is -0.324 e. The van der Waals surface area contributed by atoms with Crippen molar-refractivity contribution in [3.63, 3.8) is 0 Å². The fourth-order valence-corrected chi connectivity index (χ4v) is 4.50. The second-order valence-electron chi connectivity index (χ2n) is 6.19. The molecule has 2 N–H and O–H groups in total. The second-order valence-corrected chi connectivity index (χ2v) is 8.13. The van der Waals surface area contributed by atoms with Gasteiger partial charge in [0.05, 0.1) is 4.90 Å². The van der Waals surface area contributed by atoms with E-state index in [0.717, 1.165) is 5.56 Å². The maximum absolute atomic E-state index is 12.8. The van der Waals surface area contributed by atoms with E-state index >= 15 is 0 Å². The Morgan fingerprint density at radius 2 is 2.00 bits per heavy atom. The highest BCUT2D eigenvalue weighted by atomic mass is 32.2. The molecule has 1 aromatic carbocycles. The summed E-state index contributed by atoms with van der Waals surface area (Å²) in [5.41, 5.74) is 6.69. The Bertz CT molecular complexity index is 599. The van der Waals surface area contributed by atoms with Crippen molar-refractivity contribution in [3.8, 4) is 0 Å². The number of hydrogen-bond acceptors (Lipinski definition) is 4. The van der Waals surface area contributed by atoms with Crippen LogP contribution in [0.15, 0.2) is 29.2 Å². The van der Waals surface area contributed by atoms with Crippen LogP contribution in [0.1, 0.15) is 25.5 Å². The lowest BCUT2D eigenvalue weighted by Crippen LogP contribution is -2.35. The zero-order valence-corrected chi connectivity index (χ0v) is 14.0. The lowest BCUT2D eigenvalue weighted by molar-refractivity contribution is 0.263. The lowest BCUT2D eigenvalue weighted by Gasteiger charge is -2.22. The molecule has 3 unspecified atom stereocenters. The first-order valence-corrected chi connectivity index (χ1v) is 8.69. The van der Waals surface area contributed by atoms with Gasteiger partial charge in [0.25, 0.3) is 0 Å². The van der Waals surface area contributed by atoms with Gasteiger partial charge >= 0.3 is 0 Å². The molecule has 1 aromatic rings. The van der Waals surface area contributed by atoms with Crippen LogP contribution in [-0.2, 0) is 10.0 Å². The van der Waals surface area contributed by atoms with Crippen molar-refractivity contribution in [2.45, 2.75) is 30.8 Å². The van der Waals surface area contributed by atoms with E-state index in [-0.39, 0.29) is 12.1 Å². The molecule has 0 bridgehead atoms. The van der Waals surface area contributed by atoms with E-state index in [0.29, 0.717) is 23.9 Å². The van der Waals surface area contributed by atoms with Crippen LogP contribution >= 0.6 is 0 Å². The monoisotopic (exact) mass is 311 g/mol. The Labute approximate surface area is 127 Å². The quantitative estimate of drug-likeness (QED) is 0.909. The number of hydrogen-bond donors (Lipinski definition) is 1. The summed E-state index contributed by atoms with van der Waals surface area (Å²) in [6.45, 7) is 5.05. The molecule has 6 heteroatoms. The molecule has 2 rings (SSSR count). The Morgan fingerprint density at radius 3 is 2.52 bits per heavy atom. The van der Waals surface area contributed by atoms with Crippen LogP contribution in [0.3, 0.4) is 0 Å². The molecule has 0 amide bonds. The van der Waals surface area contributed by atoms with Crippen LogP contribution in [0.2, 0.25) is 0 Å². The van der Waals surface area contributed by atoms with Gasteiger partial charge in [-0.2, -0.15) is 4.31 Å². The number of nitrogens with two attached hydrogens (primary N) is 1. The van der Waals surface area contributed by atoms with E-state index in [1.807, 2.05) is 27.1 Å². The van der Waals surface area contributed by atoms with E-state index in [4.69, 9.17) is 5.73 Å². The van der Waals surface area contributed by atoms with Crippen LogP contribution < -0.4 is 5.73 Å². The van der Waals surface area contributed by atoms with E-state index in [2.05, 4.69) is 11.8 Å². The van der Waals surface area contributed by atoms with Gasteiger partial charge in [0.2, 0.25) is 10.0 Å². The normalized spacial score (nSPS) is 25.4. The Kier molecular flexibility index (Phi) is 4.72. The lowest BCUT2D eigenvalue weighted by atomic mass is 10.1. The molecule has 5 nitrogen and oxygen atoms in total. The van der Waals surface area contributed by atoms with Gasteiger partial charge in [0.15, 0.2) is 0 Å². The van der Waals surface area contributed by atoms with Crippen LogP contribution in [0.4, 0.5) is 0 Å². The van der Waals surface area contributed by atoms with E-state index in [9.17, 15) is 8.42 Å². The second kappa shape index (κ2) is 6.04. The van der Waals surface area contributed by atoms with Crippen LogP contribution in [0.25, 0.3) is 0 Å². The molecule has 0 radical (unpaired) electrons. The zero-order chi connectivity index (χ0) is 15.8. The summed E-state index contributed by atoms with van der Waals surface area (Å²) in [7, 11) is 0.545. The van der Waals surface area contributed by atoms with Gasteiger partial charge < -0.3 is 10.6 Å². The highest BCUT2D eigenvalue weighted by molar-refractivity contribution is 7.89. The third-order valence-corrected chi connectivity index (χ3v) is 6.05. The van der Waals surface area contributed by atoms with Gasteiger partial charge in [-0.05, 0) is 44.6 Å². The fraction of sp³-hybridized carbons (Fsp3) is 0.600. The summed E-state index contributed by atoms with van der Waals surface area (Å²) < 4.78 is 27.2. The van der Waals surface area contributed by atoms with E-state index in [1.54, 1.807) is 22.5 Å². The van der Waals surface area contributed by atoms with E-state index < -0.39 is 10.0 Å². The number of rotatable bonds is 4. The first-order chi connectivity index (χ1) is 9.73. The Hall–Kier alpha value is -0.950. The van der Waals surface area contributed by atoms with Crippen molar-refractivity contribution < 1.29 is 8.42 Å². The smallest absolute Gasteiger partial charge is 0.243 e. The molecule has 1 aliphatic heterocycles. The van der Waals surface area contributed by atoms with Crippen molar-refractivity contribution in [3.05, 3.63) is 29.8 Å². The first-order valence-electron chi connectivity index (χ1n) is 7.25. The molecule has 3 atom stereocenters. The maximum atomic E-state index is 12.8. The van der Waals surface area contributed by atoms with Gasteiger partial charge in [-0.3, -0.25) is 0 Å². The molecule has 0 spiro atoms. The SMILES string of the molecule is CC(N)c1cccc(S(=O)(=O)N2CC(C)C(N(C)C)C2)c1. The van der Waals surface area contributed by atoms with E-state index in [1.165, 1.54) is 0 Å². The molecule has 1 heterocycles. The predicted octanol–water partition coefficient (Wildman–Crippen LogP) is 1.28. The van der Waals surface area contributed by atoms with Gasteiger partial charge in [-0.25, -0.2) is 8.42 Å². The summed E-state index contributed by atoms with van der Waals surface area (Å²) in [6.07, 6.45) is 0. The number of likely N-dealkylation sites (N-methyl/N-ethyl adjacent to an activating group) is 1. The Morgan fingerprint density at radius 1 is 1.33 bits per heavy atom. The summed E-state index contributed by atoms with van der Waals surface area (Å²) in [6, 6.07) is 7.04. The molecule has 1 saturated heterocycles. The largest absolute Gasteiger partial charge is 0.324 e. The fourth-order valence-electron chi connectivity index (χ4n) is 2.88. The first kappa shape index (κ1) is 16.4. The molecule has 1 fully saturated rings. The van der Waals surface area contributed by atoms with Crippen molar-refractivity contribution in [1.29, 1.82) is 0 Å². The Balaban J connectivity index is 2.29. The van der Waals surface area contributed by atoms with Crippen LogP contribution in [-0.4, -0.2) is 50.8 Å². The summed E-state index contributed by atoms with van der Waals surface area (Å²) in [4.78, 5) is 2.43. The zero-order valence-electron chi connectivity index (χ0n) is 13.2. The topological polar surface area (TPSA) is 66.6 Å². The third-order valence-electron chi connectivity index (χ3n) is 4.22. The molecule has 118 valence electrons. The molecular weight excluding hydrogens is 286 g/mol. The highest BCUT2D eigenvalue weighted by Crippen LogP contribution is 2.27. The average molecular weight is 311 g/mol. The van der Waals surface area contributed by atoms with Gasteiger partial charge in [-0.1, -0.05) is 19.1 Å². The van der Waals surface area contributed by atoms with Crippen molar-refractivity contribution in [2.24, 2.45) is 11.7 Å². The predicted molar refractivity (Wildman–Crippen MR) is 84.4 cm³/mol. The van der Waals surface area contributed by atoms with Crippen molar-refractivity contribution in [1.82, 2.24) is 9.21 Å². The molecule has 0 aliphatic carbocycles. The number of nitrogens with zero attached hydrogens (tertiary/aromatic N) is 2. The van der Waals surface area contributed by atoms with Gasteiger partial charge in [-0.15, -0.1) is 0 Å². The van der Waals surface area contributed by atoms with Crippen molar-refractivity contribution >= 4 is 10.0 Å². The highest BCUT2D eigenvalue weighted by Gasteiger charge is 2.38. The molecule has 0 saturated carbocycles. The standard InChI is InChI=1S/C15H25N3O2S/c1-11-9-18(10-15(11)17(3)4)21(19,20)14-7-5-6-13(8-14)12(2)16/h5-8,11-12,15H,9-10,16H2,1-4H3. The van der Waals surface area contributed by atoms with Crippen LogP contribution in [0.5, 0.6) is 0 Å². The minimum atomic E-state index is -3.44. The molecule has 0 aromatic heterocycles. The maximum Gasteiger partial charge on any atom is 0.243 e. The van der Waals surface area contributed by atoms with Crippen molar-refractivity contribution in [2.75, 3.05) is 27.2 Å². The summed E-state index contributed by atoms with van der Waals surface area (Å²) in [5, 5.41) is 0. The number of sulfonamides is 1. The van der Waals surface area contributed by atoms with Gasteiger partial charge in [0.1, 0.15) is 0 Å². The summed E-state index contributed by atoms with van der Waals surface area (Å²) in [5.74, 6) is 0.325. The number of benzene rings is 1.